The summed E-state index contributed by atoms with van der Waals surface area (Å²) in [5.74, 6) is -0.420. The number of rotatable bonds is 7. The summed E-state index contributed by atoms with van der Waals surface area (Å²) in [6.07, 6.45) is 3.80. The Balaban J connectivity index is 2.02. The molecule has 1 aromatic carbocycles. The van der Waals surface area contributed by atoms with E-state index >= 15 is 0 Å². The maximum atomic E-state index is 12.7. The van der Waals surface area contributed by atoms with Gasteiger partial charge in [0.2, 0.25) is 0 Å². The van der Waals surface area contributed by atoms with Crippen LogP contribution in [0.15, 0.2) is 60.0 Å². The molecule has 2 aromatic rings. The van der Waals surface area contributed by atoms with Crippen molar-refractivity contribution in [1.29, 1.82) is 0 Å². The first kappa shape index (κ1) is 17.9. The molecular formula is C17H20N3O3P. The van der Waals surface area contributed by atoms with E-state index in [-0.39, 0.29) is 12.0 Å². The first-order valence-corrected chi connectivity index (χ1v) is 9.93. The summed E-state index contributed by atoms with van der Waals surface area (Å²) in [4.78, 5) is 21.1. The molecule has 7 heteroatoms. The third kappa shape index (κ3) is 5.32. The van der Waals surface area contributed by atoms with Gasteiger partial charge in [0.1, 0.15) is 14.3 Å². The fourth-order valence-electron chi connectivity index (χ4n) is 2.17. The highest BCUT2D eigenvalue weighted by Crippen LogP contribution is 2.43. The average molecular weight is 345 g/mol. The van der Waals surface area contributed by atoms with Crippen LogP contribution in [0.1, 0.15) is 11.1 Å². The summed E-state index contributed by atoms with van der Waals surface area (Å²) in [5.41, 5.74) is 1.67. The fourth-order valence-corrected chi connectivity index (χ4v) is 3.72. The first-order chi connectivity index (χ1) is 11.5. The van der Waals surface area contributed by atoms with Crippen molar-refractivity contribution in [1.82, 2.24) is 10.3 Å². The number of nitrogens with one attached hydrogen (secondary N) is 1. The van der Waals surface area contributed by atoms with Crippen molar-refractivity contribution in [3.63, 3.8) is 0 Å². The Bertz CT molecular complexity index is 748. The molecule has 0 aliphatic rings. The summed E-state index contributed by atoms with van der Waals surface area (Å²) in [5, 5.41) is 6.48. The molecule has 6 nitrogen and oxygen atoms in total. The van der Waals surface area contributed by atoms with Crippen molar-refractivity contribution < 1.29 is 14.2 Å². The molecule has 0 aliphatic heterocycles. The van der Waals surface area contributed by atoms with Crippen LogP contribution in [0.3, 0.4) is 0 Å². The molecule has 0 radical (unpaired) electrons. The van der Waals surface area contributed by atoms with E-state index in [2.05, 4.69) is 15.5 Å². The summed E-state index contributed by atoms with van der Waals surface area (Å²) >= 11 is 0. The Kier molecular flexibility index (Phi) is 6.27. The second kappa shape index (κ2) is 8.41. The predicted octanol–water partition coefficient (Wildman–Crippen LogP) is 2.70. The zero-order valence-electron chi connectivity index (χ0n) is 13.7. The molecular weight excluding hydrogens is 325 g/mol. The van der Waals surface area contributed by atoms with Gasteiger partial charge in [-0.05, 0) is 18.3 Å². The van der Waals surface area contributed by atoms with E-state index in [9.17, 15) is 9.36 Å². The first-order valence-electron chi connectivity index (χ1n) is 7.41. The number of amides is 1. The van der Waals surface area contributed by atoms with Crippen LogP contribution in [-0.2, 0) is 20.4 Å². The lowest BCUT2D eigenvalue weighted by atomic mass is 10.1. The van der Waals surface area contributed by atoms with Gasteiger partial charge in [0.25, 0.3) is 5.91 Å². The SMILES string of the molecule is CO/N=C(\C(=O)NCP(C)(=O)Cc1cccnc1)c1ccccc1. The number of pyridine rings is 1. The lowest BCUT2D eigenvalue weighted by molar-refractivity contribution is -0.114. The second-order valence-corrected chi connectivity index (χ2v) is 8.69. The number of hydrogen-bond donors (Lipinski definition) is 1. The molecule has 0 saturated carbocycles. The minimum atomic E-state index is -2.59. The van der Waals surface area contributed by atoms with E-state index in [1.54, 1.807) is 49.4 Å². The van der Waals surface area contributed by atoms with Gasteiger partial charge < -0.3 is 14.7 Å². The van der Waals surface area contributed by atoms with E-state index in [0.717, 1.165) is 5.56 Å². The fraction of sp³-hybridized carbons (Fsp3) is 0.235. The molecule has 0 fully saturated rings. The lowest BCUT2D eigenvalue weighted by Crippen LogP contribution is -2.32. The van der Waals surface area contributed by atoms with Crippen LogP contribution in [0.5, 0.6) is 0 Å². The van der Waals surface area contributed by atoms with Gasteiger partial charge in [0.05, 0.1) is 6.29 Å². The number of oxime groups is 1. The Labute approximate surface area is 141 Å². The molecule has 1 unspecified atom stereocenters. The summed E-state index contributed by atoms with van der Waals surface area (Å²) < 4.78 is 12.7. The molecule has 24 heavy (non-hydrogen) atoms. The summed E-state index contributed by atoms with van der Waals surface area (Å²) in [6.45, 7) is 1.66. The minimum absolute atomic E-state index is 0.0797. The van der Waals surface area contributed by atoms with Gasteiger partial charge in [-0.3, -0.25) is 9.78 Å². The van der Waals surface area contributed by atoms with E-state index in [1.165, 1.54) is 7.11 Å². The van der Waals surface area contributed by atoms with Gasteiger partial charge >= 0.3 is 0 Å². The topological polar surface area (TPSA) is 80.6 Å². The smallest absolute Gasteiger partial charge is 0.274 e. The molecule has 0 aliphatic carbocycles. The molecule has 0 saturated heterocycles. The van der Waals surface area contributed by atoms with E-state index in [0.29, 0.717) is 11.7 Å². The van der Waals surface area contributed by atoms with Crippen LogP contribution in [0, 0.1) is 0 Å². The number of carbonyl (C=O) groups is 1. The number of benzene rings is 1. The highest BCUT2D eigenvalue weighted by atomic mass is 31.2. The maximum absolute atomic E-state index is 12.7. The Morgan fingerprint density at radius 1 is 1.25 bits per heavy atom. The lowest BCUT2D eigenvalue weighted by Gasteiger charge is -2.14. The van der Waals surface area contributed by atoms with Crippen molar-refractivity contribution in [3.05, 3.63) is 66.0 Å². The normalized spacial score (nSPS) is 13.8. The molecule has 1 N–H and O–H groups in total. The van der Waals surface area contributed by atoms with Crippen LogP contribution in [-0.4, -0.2) is 36.7 Å². The number of hydrogen-bond acceptors (Lipinski definition) is 5. The van der Waals surface area contributed by atoms with Gasteiger partial charge in [-0.15, -0.1) is 0 Å². The van der Waals surface area contributed by atoms with Gasteiger partial charge in [-0.1, -0.05) is 41.6 Å². The molecule has 1 amide bonds. The highest BCUT2D eigenvalue weighted by Gasteiger charge is 2.20. The second-order valence-electron chi connectivity index (χ2n) is 5.47. The van der Waals surface area contributed by atoms with Gasteiger partial charge in [0.15, 0.2) is 5.71 Å². The standard InChI is InChI=1S/C17H20N3O3P/c1-23-20-16(15-8-4-3-5-9-15)17(21)19-13-24(2,22)12-14-7-6-10-18-11-14/h3-11H,12-13H2,1-2H3,(H,19,21)/b20-16-. The third-order valence-corrected chi connectivity index (χ3v) is 5.12. The van der Waals surface area contributed by atoms with E-state index < -0.39 is 13.0 Å². The molecule has 1 heterocycles. The predicted molar refractivity (Wildman–Crippen MR) is 94.5 cm³/mol. The largest absolute Gasteiger partial charge is 0.398 e. The van der Waals surface area contributed by atoms with Gasteiger partial charge in [0, 0.05) is 24.1 Å². The molecule has 0 spiro atoms. The van der Waals surface area contributed by atoms with Crippen LogP contribution < -0.4 is 5.32 Å². The van der Waals surface area contributed by atoms with Crippen LogP contribution >= 0.6 is 7.14 Å². The number of nitrogens with zero attached hydrogens (tertiary/aromatic N) is 2. The Morgan fingerprint density at radius 2 is 2.00 bits per heavy atom. The molecule has 2 rings (SSSR count). The van der Waals surface area contributed by atoms with Crippen molar-refractivity contribution in [3.8, 4) is 0 Å². The van der Waals surface area contributed by atoms with Crippen molar-refractivity contribution >= 4 is 18.8 Å². The summed E-state index contributed by atoms with van der Waals surface area (Å²) in [7, 11) is -1.21. The van der Waals surface area contributed by atoms with Crippen molar-refractivity contribution in [2.75, 3.05) is 20.1 Å². The van der Waals surface area contributed by atoms with Crippen LogP contribution in [0.2, 0.25) is 0 Å². The number of carbonyl (C=O) groups excluding carboxylic acids is 1. The van der Waals surface area contributed by atoms with Crippen LogP contribution in [0.25, 0.3) is 0 Å². The zero-order valence-corrected chi connectivity index (χ0v) is 14.6. The molecule has 1 aromatic heterocycles. The Hall–Kier alpha value is -2.46. The van der Waals surface area contributed by atoms with E-state index in [4.69, 9.17) is 4.84 Å². The quantitative estimate of drug-likeness (QED) is 0.475. The zero-order chi connectivity index (χ0) is 17.4. The Morgan fingerprint density at radius 3 is 2.62 bits per heavy atom. The van der Waals surface area contributed by atoms with E-state index in [1.807, 2.05) is 12.1 Å². The summed E-state index contributed by atoms with van der Waals surface area (Å²) in [6, 6.07) is 12.7. The average Bonchev–Trinajstić information content (AvgIpc) is 2.59. The van der Waals surface area contributed by atoms with Crippen molar-refractivity contribution in [2.45, 2.75) is 6.16 Å². The monoisotopic (exact) mass is 345 g/mol. The molecule has 0 bridgehead atoms. The maximum Gasteiger partial charge on any atom is 0.274 e. The highest BCUT2D eigenvalue weighted by molar-refractivity contribution is 7.62. The third-order valence-electron chi connectivity index (χ3n) is 3.26. The van der Waals surface area contributed by atoms with Gasteiger partial charge in [-0.25, -0.2) is 0 Å². The molecule has 126 valence electrons. The minimum Gasteiger partial charge on any atom is -0.398 e. The van der Waals surface area contributed by atoms with Crippen LogP contribution in [0.4, 0.5) is 0 Å². The number of aromatic nitrogens is 1. The molecule has 1 atom stereocenters. The van der Waals surface area contributed by atoms with Crippen molar-refractivity contribution in [2.24, 2.45) is 5.16 Å². The van der Waals surface area contributed by atoms with Gasteiger partial charge in [-0.2, -0.15) is 0 Å².